The van der Waals surface area contributed by atoms with Gasteiger partial charge in [0.05, 0.1) is 14.2 Å². The maximum absolute atomic E-state index is 12.0. The molecule has 0 bridgehead atoms. The Kier molecular flexibility index (Phi) is 6.07. The first kappa shape index (κ1) is 17.7. The zero-order chi connectivity index (χ0) is 17.5. The summed E-state index contributed by atoms with van der Waals surface area (Å²) in [5.74, 6) is 1.79. The van der Waals surface area contributed by atoms with Crippen LogP contribution in [0.25, 0.3) is 0 Å². The molecule has 2 aromatic carbocycles. The summed E-state index contributed by atoms with van der Waals surface area (Å²) in [6.45, 7) is 4.25. The zero-order valence-electron chi connectivity index (χ0n) is 14.5. The molecule has 0 atom stereocenters. The number of carbonyl (C=O) groups excluding carboxylic acids is 1. The fourth-order valence-electron chi connectivity index (χ4n) is 2.34. The van der Waals surface area contributed by atoms with Gasteiger partial charge in [-0.05, 0) is 37.1 Å². The highest BCUT2D eigenvalue weighted by Crippen LogP contribution is 2.30. The van der Waals surface area contributed by atoms with Crippen LogP contribution in [0.15, 0.2) is 36.4 Å². The third-order valence-electron chi connectivity index (χ3n) is 3.66. The van der Waals surface area contributed by atoms with Gasteiger partial charge < -0.3 is 19.5 Å². The lowest BCUT2D eigenvalue weighted by Crippen LogP contribution is -2.28. The van der Waals surface area contributed by atoms with E-state index in [0.29, 0.717) is 18.0 Å². The van der Waals surface area contributed by atoms with E-state index in [1.54, 1.807) is 14.2 Å². The molecule has 0 heterocycles. The van der Waals surface area contributed by atoms with Gasteiger partial charge in [-0.15, -0.1) is 0 Å². The minimum absolute atomic E-state index is 0.0312. The second-order valence-corrected chi connectivity index (χ2v) is 5.49. The number of hydrogen-bond acceptors (Lipinski definition) is 4. The first-order valence-corrected chi connectivity index (χ1v) is 7.71. The molecule has 1 amide bonds. The van der Waals surface area contributed by atoms with Gasteiger partial charge in [0.25, 0.3) is 5.91 Å². The van der Waals surface area contributed by atoms with Crippen LogP contribution in [0.1, 0.15) is 16.7 Å². The lowest BCUT2D eigenvalue weighted by Gasteiger charge is -2.14. The van der Waals surface area contributed by atoms with Crippen molar-refractivity contribution in [3.8, 4) is 17.2 Å². The maximum atomic E-state index is 12.0. The Morgan fingerprint density at radius 2 is 1.83 bits per heavy atom. The molecule has 2 aromatic rings. The van der Waals surface area contributed by atoms with Crippen molar-refractivity contribution < 1.29 is 19.0 Å². The molecule has 24 heavy (non-hydrogen) atoms. The molecule has 5 heteroatoms. The van der Waals surface area contributed by atoms with E-state index in [0.717, 1.165) is 22.4 Å². The minimum atomic E-state index is -0.194. The molecule has 0 aliphatic heterocycles. The van der Waals surface area contributed by atoms with Crippen molar-refractivity contribution >= 4 is 5.91 Å². The first-order valence-electron chi connectivity index (χ1n) is 7.71. The topological polar surface area (TPSA) is 56.8 Å². The summed E-state index contributed by atoms with van der Waals surface area (Å²) in [7, 11) is 3.16. The fourth-order valence-corrected chi connectivity index (χ4v) is 2.34. The van der Waals surface area contributed by atoms with E-state index in [-0.39, 0.29) is 12.5 Å². The van der Waals surface area contributed by atoms with Gasteiger partial charge in [0.15, 0.2) is 18.1 Å². The molecule has 128 valence electrons. The molecule has 0 spiro atoms. The van der Waals surface area contributed by atoms with E-state index in [1.807, 2.05) is 50.2 Å². The van der Waals surface area contributed by atoms with E-state index in [4.69, 9.17) is 14.2 Å². The fraction of sp³-hybridized carbons (Fsp3) is 0.316. The number of para-hydroxylation sites is 1. The van der Waals surface area contributed by atoms with Gasteiger partial charge in [0, 0.05) is 12.1 Å². The van der Waals surface area contributed by atoms with Crippen molar-refractivity contribution in [1.82, 2.24) is 5.32 Å². The summed E-state index contributed by atoms with van der Waals surface area (Å²) >= 11 is 0. The average Bonchev–Trinajstić information content (AvgIpc) is 2.60. The molecule has 0 unspecified atom stereocenters. The van der Waals surface area contributed by atoms with E-state index >= 15 is 0 Å². The largest absolute Gasteiger partial charge is 0.493 e. The van der Waals surface area contributed by atoms with Crippen LogP contribution in [0.4, 0.5) is 0 Å². The van der Waals surface area contributed by atoms with Crippen LogP contribution in [0.3, 0.4) is 0 Å². The molecule has 0 fully saturated rings. The maximum Gasteiger partial charge on any atom is 0.258 e. The van der Waals surface area contributed by atoms with Crippen LogP contribution in [-0.4, -0.2) is 26.7 Å². The number of methoxy groups -OCH3 is 2. The minimum Gasteiger partial charge on any atom is -0.493 e. The number of carbonyl (C=O) groups is 1. The molecule has 5 nitrogen and oxygen atoms in total. The van der Waals surface area contributed by atoms with Gasteiger partial charge in [-0.1, -0.05) is 24.3 Å². The summed E-state index contributed by atoms with van der Waals surface area (Å²) in [5.41, 5.74) is 2.94. The number of amides is 1. The second kappa shape index (κ2) is 8.24. The molecule has 1 N–H and O–H groups in total. The van der Waals surface area contributed by atoms with Crippen LogP contribution in [0, 0.1) is 13.8 Å². The van der Waals surface area contributed by atoms with Crippen LogP contribution >= 0.6 is 0 Å². The predicted octanol–water partition coefficient (Wildman–Crippen LogP) is 3.02. The monoisotopic (exact) mass is 329 g/mol. The molecular weight excluding hydrogens is 306 g/mol. The van der Waals surface area contributed by atoms with Crippen LogP contribution in [-0.2, 0) is 11.3 Å². The normalized spacial score (nSPS) is 10.2. The van der Waals surface area contributed by atoms with Crippen molar-refractivity contribution in [3.05, 3.63) is 53.1 Å². The van der Waals surface area contributed by atoms with E-state index < -0.39 is 0 Å². The Balaban J connectivity index is 1.93. The zero-order valence-corrected chi connectivity index (χ0v) is 14.5. The number of rotatable bonds is 7. The van der Waals surface area contributed by atoms with Gasteiger partial charge in [-0.2, -0.15) is 0 Å². The molecule has 0 radical (unpaired) electrons. The summed E-state index contributed by atoms with van der Waals surface area (Å²) in [6, 6.07) is 11.5. The quantitative estimate of drug-likeness (QED) is 0.848. The van der Waals surface area contributed by atoms with Crippen molar-refractivity contribution in [3.63, 3.8) is 0 Å². The first-order chi connectivity index (χ1) is 11.5. The van der Waals surface area contributed by atoms with Crippen molar-refractivity contribution in [2.45, 2.75) is 20.4 Å². The number of hydrogen-bond donors (Lipinski definition) is 1. The molecule has 2 rings (SSSR count). The Morgan fingerprint density at radius 1 is 1.04 bits per heavy atom. The Hall–Kier alpha value is -2.69. The number of nitrogens with one attached hydrogen (secondary N) is 1. The molecule has 0 saturated heterocycles. The molecule has 0 aliphatic rings. The van der Waals surface area contributed by atoms with E-state index in [1.165, 1.54) is 0 Å². The van der Waals surface area contributed by atoms with Crippen molar-refractivity contribution in [2.75, 3.05) is 20.8 Å². The highest BCUT2D eigenvalue weighted by atomic mass is 16.5. The molecular formula is C19H23NO4. The van der Waals surface area contributed by atoms with Crippen LogP contribution in [0.2, 0.25) is 0 Å². The standard InChI is InChI=1S/C19H23NO4/c1-13-8-9-14(2)17(10-13)24-12-18(21)20-11-15-6-5-7-16(22-3)19(15)23-4/h5-10H,11-12H2,1-4H3,(H,20,21). The van der Waals surface area contributed by atoms with Crippen LogP contribution in [0.5, 0.6) is 17.2 Å². The van der Waals surface area contributed by atoms with Gasteiger partial charge in [-0.3, -0.25) is 4.79 Å². The molecule has 0 saturated carbocycles. The second-order valence-electron chi connectivity index (χ2n) is 5.49. The summed E-state index contributed by atoms with van der Waals surface area (Å²) < 4.78 is 16.2. The van der Waals surface area contributed by atoms with Gasteiger partial charge in [0.2, 0.25) is 0 Å². The SMILES string of the molecule is COc1cccc(CNC(=O)COc2cc(C)ccc2C)c1OC. The number of benzene rings is 2. The smallest absolute Gasteiger partial charge is 0.258 e. The lowest BCUT2D eigenvalue weighted by atomic mass is 10.1. The molecule has 0 aliphatic carbocycles. The predicted molar refractivity (Wildman–Crippen MR) is 92.8 cm³/mol. The summed E-state index contributed by atoms with van der Waals surface area (Å²) in [5, 5.41) is 2.83. The van der Waals surface area contributed by atoms with Gasteiger partial charge in [-0.25, -0.2) is 0 Å². The highest BCUT2D eigenvalue weighted by Gasteiger charge is 2.11. The van der Waals surface area contributed by atoms with Gasteiger partial charge >= 0.3 is 0 Å². The lowest BCUT2D eigenvalue weighted by molar-refractivity contribution is -0.123. The number of ether oxygens (including phenoxy) is 3. The third-order valence-corrected chi connectivity index (χ3v) is 3.66. The van der Waals surface area contributed by atoms with Crippen LogP contribution < -0.4 is 19.5 Å². The molecule has 0 aromatic heterocycles. The average molecular weight is 329 g/mol. The number of aryl methyl sites for hydroxylation is 2. The Morgan fingerprint density at radius 3 is 2.54 bits per heavy atom. The third kappa shape index (κ3) is 4.41. The highest BCUT2D eigenvalue weighted by molar-refractivity contribution is 5.77. The van der Waals surface area contributed by atoms with Gasteiger partial charge in [0.1, 0.15) is 5.75 Å². The Labute approximate surface area is 142 Å². The van der Waals surface area contributed by atoms with E-state index in [2.05, 4.69) is 5.32 Å². The van der Waals surface area contributed by atoms with Crippen molar-refractivity contribution in [2.24, 2.45) is 0 Å². The van der Waals surface area contributed by atoms with Crippen molar-refractivity contribution in [1.29, 1.82) is 0 Å². The summed E-state index contributed by atoms with van der Waals surface area (Å²) in [6.07, 6.45) is 0. The Bertz CT molecular complexity index is 713. The van der Waals surface area contributed by atoms with E-state index in [9.17, 15) is 4.79 Å². The summed E-state index contributed by atoms with van der Waals surface area (Å²) in [4.78, 5) is 12.0.